The highest BCUT2D eigenvalue weighted by molar-refractivity contribution is 5.99. The zero-order valence-electron chi connectivity index (χ0n) is 22.7. The molecule has 43 heavy (non-hydrogen) atoms. The molecule has 0 bridgehead atoms. The zero-order valence-corrected chi connectivity index (χ0v) is 22.7. The summed E-state index contributed by atoms with van der Waals surface area (Å²) < 4.78 is 13.2. The second-order valence-electron chi connectivity index (χ2n) is 9.90. The number of anilines is 2. The summed E-state index contributed by atoms with van der Waals surface area (Å²) in [6.07, 6.45) is -5.39. The molecule has 1 fully saturated rings. The molecule has 218 valence electrons. The number of carbonyl (C=O) groups is 2. The van der Waals surface area contributed by atoms with Crippen LogP contribution in [0.1, 0.15) is 22.1 Å². The number of rotatable bonds is 9. The lowest BCUT2D eigenvalue weighted by Gasteiger charge is -2.22. The van der Waals surface area contributed by atoms with E-state index in [9.17, 15) is 19.8 Å². The van der Waals surface area contributed by atoms with Crippen LogP contribution >= 0.6 is 0 Å². The molecule has 0 aliphatic carbocycles. The monoisotopic (exact) mass is 580 g/mol. The number of hydrogen-bond acceptors (Lipinski definition) is 10. The van der Waals surface area contributed by atoms with E-state index >= 15 is 0 Å². The SMILES string of the molecule is O=C(Nc1ccccc1)O[C@@H]1[C@H](O)[C@@H](C(O)C(=O)c2ccccc2)O[C@H]1n1cnc2c(NCc3ccccc3)ncnc21. The van der Waals surface area contributed by atoms with Crippen LogP contribution in [0.3, 0.4) is 0 Å². The number of fused-ring (bicyclic) bond motifs is 1. The Bertz CT molecular complexity index is 1700. The Morgan fingerprint density at radius 3 is 2.33 bits per heavy atom. The number of aromatic nitrogens is 4. The van der Waals surface area contributed by atoms with Gasteiger partial charge in [0.15, 0.2) is 35.1 Å². The highest BCUT2D eigenvalue weighted by atomic mass is 16.6. The van der Waals surface area contributed by atoms with Gasteiger partial charge in [-0.15, -0.1) is 0 Å². The number of ether oxygens (including phenoxy) is 2. The average molecular weight is 581 g/mol. The minimum absolute atomic E-state index is 0.239. The van der Waals surface area contributed by atoms with Gasteiger partial charge in [-0.05, 0) is 17.7 Å². The van der Waals surface area contributed by atoms with Crippen molar-refractivity contribution in [3.8, 4) is 0 Å². The van der Waals surface area contributed by atoms with Gasteiger partial charge in [-0.1, -0.05) is 78.9 Å². The summed E-state index contributed by atoms with van der Waals surface area (Å²) in [6, 6.07) is 26.6. The van der Waals surface area contributed by atoms with Gasteiger partial charge in [0.05, 0.1) is 6.33 Å². The fourth-order valence-electron chi connectivity index (χ4n) is 4.95. The van der Waals surface area contributed by atoms with Crippen LogP contribution in [0.5, 0.6) is 0 Å². The first kappa shape index (κ1) is 28.0. The number of imidazole rings is 1. The molecule has 12 nitrogen and oxygen atoms in total. The number of Topliss-reactive ketones (excluding diaryl/α,β-unsaturated/α-hetero) is 1. The number of para-hydroxylation sites is 1. The summed E-state index contributed by atoms with van der Waals surface area (Å²) in [5.74, 6) is -0.190. The van der Waals surface area contributed by atoms with Crippen LogP contribution in [0.15, 0.2) is 104 Å². The number of nitrogens with zero attached hydrogens (tertiary/aromatic N) is 4. The van der Waals surface area contributed by atoms with Crippen LogP contribution in [0.4, 0.5) is 16.3 Å². The van der Waals surface area contributed by atoms with Crippen LogP contribution in [0, 0.1) is 0 Å². The van der Waals surface area contributed by atoms with E-state index in [0.29, 0.717) is 29.2 Å². The van der Waals surface area contributed by atoms with E-state index in [2.05, 4.69) is 25.6 Å². The fraction of sp³-hybridized carbons (Fsp3) is 0.194. The Morgan fingerprint density at radius 2 is 1.60 bits per heavy atom. The molecular formula is C31H28N6O6. The van der Waals surface area contributed by atoms with Crippen LogP contribution in [0.2, 0.25) is 0 Å². The molecule has 1 saturated heterocycles. The van der Waals surface area contributed by atoms with Crippen molar-refractivity contribution in [2.45, 2.75) is 37.2 Å². The molecule has 0 spiro atoms. The molecule has 4 N–H and O–H groups in total. The van der Waals surface area contributed by atoms with Gasteiger partial charge in [0.25, 0.3) is 0 Å². The van der Waals surface area contributed by atoms with Crippen LogP contribution in [0.25, 0.3) is 11.2 Å². The zero-order chi connectivity index (χ0) is 29.8. The Morgan fingerprint density at radius 1 is 0.930 bits per heavy atom. The molecule has 0 saturated carbocycles. The molecule has 3 heterocycles. The van der Waals surface area contributed by atoms with E-state index in [1.807, 2.05) is 30.3 Å². The van der Waals surface area contributed by atoms with Crippen molar-refractivity contribution in [1.29, 1.82) is 0 Å². The second kappa shape index (κ2) is 12.4. The summed E-state index contributed by atoms with van der Waals surface area (Å²) >= 11 is 0. The smallest absolute Gasteiger partial charge is 0.412 e. The molecule has 1 aliphatic rings. The molecule has 12 heteroatoms. The van der Waals surface area contributed by atoms with Crippen molar-refractivity contribution >= 4 is 34.5 Å². The highest BCUT2D eigenvalue weighted by Gasteiger charge is 2.52. The lowest BCUT2D eigenvalue weighted by atomic mass is 9.98. The van der Waals surface area contributed by atoms with E-state index in [-0.39, 0.29) is 5.56 Å². The van der Waals surface area contributed by atoms with Gasteiger partial charge in [0.1, 0.15) is 24.6 Å². The Balaban J connectivity index is 1.30. The van der Waals surface area contributed by atoms with E-state index in [1.165, 1.54) is 17.2 Å². The van der Waals surface area contributed by atoms with Crippen molar-refractivity contribution < 1.29 is 29.3 Å². The molecule has 5 aromatic rings. The largest absolute Gasteiger partial charge is 0.438 e. The van der Waals surface area contributed by atoms with Crippen LogP contribution < -0.4 is 10.6 Å². The predicted molar refractivity (Wildman–Crippen MR) is 156 cm³/mol. The number of amides is 1. The summed E-state index contributed by atoms with van der Waals surface area (Å²) in [5, 5.41) is 28.2. The van der Waals surface area contributed by atoms with Crippen molar-refractivity contribution in [3.63, 3.8) is 0 Å². The average Bonchev–Trinajstić information content (AvgIpc) is 3.61. The van der Waals surface area contributed by atoms with Gasteiger partial charge in [-0.2, -0.15) is 0 Å². The minimum atomic E-state index is -1.75. The van der Waals surface area contributed by atoms with Gasteiger partial charge < -0.3 is 25.0 Å². The standard InChI is InChI=1S/C31H28N6O6/c38-23(20-12-6-2-7-13-20)24(39)26-25(40)27(43-31(41)36-21-14-8-3-9-15-21)30(42-26)37-18-35-22-28(33-17-34-29(22)37)32-16-19-10-4-1-5-11-19/h1-15,17-18,24-27,30,39-40H,16H2,(H,36,41)(H,32,33,34)/t24?,25-,26-,27-,30-/m1/s1. The van der Waals surface area contributed by atoms with Crippen molar-refractivity contribution in [3.05, 3.63) is 115 Å². The number of hydrogen-bond donors (Lipinski definition) is 4. The highest BCUT2D eigenvalue weighted by Crippen LogP contribution is 2.36. The summed E-state index contributed by atoms with van der Waals surface area (Å²) in [5.41, 5.74) is 2.48. The molecule has 2 aromatic heterocycles. The summed E-state index contributed by atoms with van der Waals surface area (Å²) in [7, 11) is 0. The first-order valence-corrected chi connectivity index (χ1v) is 13.6. The molecule has 5 atom stereocenters. The summed E-state index contributed by atoms with van der Waals surface area (Å²) in [4.78, 5) is 39.1. The molecule has 3 aromatic carbocycles. The number of nitrogens with one attached hydrogen (secondary N) is 2. The van der Waals surface area contributed by atoms with Crippen molar-refractivity contribution in [2.24, 2.45) is 0 Å². The molecule has 6 rings (SSSR count). The maximum atomic E-state index is 13.1. The van der Waals surface area contributed by atoms with Gasteiger partial charge in [0, 0.05) is 17.8 Å². The van der Waals surface area contributed by atoms with Crippen LogP contribution in [-0.4, -0.2) is 66.0 Å². The quantitative estimate of drug-likeness (QED) is 0.190. The maximum absolute atomic E-state index is 13.1. The topological polar surface area (TPSA) is 161 Å². The van der Waals surface area contributed by atoms with E-state index in [0.717, 1.165) is 5.56 Å². The van der Waals surface area contributed by atoms with Gasteiger partial charge in [0.2, 0.25) is 0 Å². The number of aliphatic hydroxyl groups is 2. The first-order chi connectivity index (χ1) is 21.0. The third-order valence-corrected chi connectivity index (χ3v) is 7.09. The normalized spacial score (nSPS) is 20.4. The Hall–Kier alpha value is -5.17. The van der Waals surface area contributed by atoms with Gasteiger partial charge in [-0.25, -0.2) is 19.7 Å². The molecule has 1 unspecified atom stereocenters. The number of carbonyl (C=O) groups excluding carboxylic acids is 2. The Labute approximate surface area is 246 Å². The second-order valence-corrected chi connectivity index (χ2v) is 9.90. The summed E-state index contributed by atoms with van der Waals surface area (Å²) in [6.45, 7) is 0.486. The van der Waals surface area contributed by atoms with Gasteiger partial charge in [-0.3, -0.25) is 14.7 Å². The maximum Gasteiger partial charge on any atom is 0.412 e. The first-order valence-electron chi connectivity index (χ1n) is 13.6. The fourth-order valence-corrected chi connectivity index (χ4v) is 4.95. The lowest BCUT2D eigenvalue weighted by molar-refractivity contribution is -0.0727. The van der Waals surface area contributed by atoms with Crippen molar-refractivity contribution in [1.82, 2.24) is 19.5 Å². The van der Waals surface area contributed by atoms with E-state index < -0.39 is 42.5 Å². The molecule has 0 radical (unpaired) electrons. The van der Waals surface area contributed by atoms with Gasteiger partial charge >= 0.3 is 6.09 Å². The predicted octanol–water partition coefficient (Wildman–Crippen LogP) is 3.56. The third-order valence-electron chi connectivity index (χ3n) is 7.09. The molecule has 1 aliphatic heterocycles. The third kappa shape index (κ3) is 5.93. The minimum Gasteiger partial charge on any atom is -0.438 e. The van der Waals surface area contributed by atoms with Crippen molar-refractivity contribution in [2.75, 3.05) is 10.6 Å². The van der Waals surface area contributed by atoms with E-state index in [4.69, 9.17) is 9.47 Å². The lowest BCUT2D eigenvalue weighted by Crippen LogP contribution is -2.44. The number of benzene rings is 3. The molecular weight excluding hydrogens is 552 g/mol. The Kier molecular flexibility index (Phi) is 8.05. The number of ketones is 1. The van der Waals surface area contributed by atoms with E-state index in [1.54, 1.807) is 60.7 Å². The van der Waals surface area contributed by atoms with Crippen LogP contribution in [-0.2, 0) is 16.0 Å². The number of aliphatic hydroxyl groups excluding tert-OH is 2. The molecule has 1 amide bonds.